The van der Waals surface area contributed by atoms with Gasteiger partial charge >= 0.3 is 0 Å². The molecule has 0 unspecified atom stereocenters. The fraction of sp³-hybridized carbons (Fsp3) is 0.321. The van der Waals surface area contributed by atoms with Crippen LogP contribution in [-0.4, -0.2) is 41.3 Å². The second-order valence-corrected chi connectivity index (χ2v) is 10.1. The number of carbonyl (C=O) groups is 1. The molecule has 1 amide bonds. The minimum absolute atomic E-state index is 0.00357. The molecular formula is C28H26N4O3. The van der Waals surface area contributed by atoms with E-state index in [0.717, 1.165) is 61.2 Å². The predicted octanol–water partition coefficient (Wildman–Crippen LogP) is 4.35. The number of hydrogen-bond donors (Lipinski definition) is 2. The second-order valence-electron chi connectivity index (χ2n) is 10.1. The number of benzene rings is 3. The summed E-state index contributed by atoms with van der Waals surface area (Å²) < 4.78 is 18.0. The lowest BCUT2D eigenvalue weighted by molar-refractivity contribution is -0.256. The van der Waals surface area contributed by atoms with E-state index in [2.05, 4.69) is 75.2 Å². The Morgan fingerprint density at radius 3 is 2.51 bits per heavy atom. The van der Waals surface area contributed by atoms with E-state index in [1.807, 2.05) is 7.05 Å². The molecule has 1 fully saturated rings. The van der Waals surface area contributed by atoms with Gasteiger partial charge in [-0.2, -0.15) is 0 Å². The summed E-state index contributed by atoms with van der Waals surface area (Å²) >= 11 is 0. The molecule has 3 aliphatic rings. The average Bonchev–Trinajstić information content (AvgIpc) is 3.51. The molecule has 7 nitrogen and oxygen atoms in total. The van der Waals surface area contributed by atoms with Gasteiger partial charge in [-0.1, -0.05) is 36.4 Å². The lowest BCUT2D eigenvalue weighted by Gasteiger charge is -2.48. The fourth-order valence-electron chi connectivity index (χ4n) is 7.33. The summed E-state index contributed by atoms with van der Waals surface area (Å²) in [7, 11) is 3.77. The zero-order chi connectivity index (χ0) is 23.6. The van der Waals surface area contributed by atoms with Crippen LogP contribution in [0.3, 0.4) is 0 Å². The van der Waals surface area contributed by atoms with Crippen molar-refractivity contribution in [3.05, 3.63) is 59.7 Å². The molecular weight excluding hydrogens is 440 g/mol. The third kappa shape index (κ3) is 2.12. The number of likely N-dealkylation sites (N-methyl/N-ethyl adjacent to an activating group) is 1. The highest BCUT2D eigenvalue weighted by molar-refractivity contribution is 6.31. The van der Waals surface area contributed by atoms with Gasteiger partial charge in [-0.3, -0.25) is 4.79 Å². The number of carbonyl (C=O) groups excluding carboxylic acids is 1. The Labute approximate surface area is 201 Å². The molecule has 35 heavy (non-hydrogen) atoms. The van der Waals surface area contributed by atoms with Crippen LogP contribution in [0.25, 0.3) is 43.6 Å². The Kier molecular flexibility index (Phi) is 3.65. The van der Waals surface area contributed by atoms with Gasteiger partial charge in [-0.15, -0.1) is 0 Å². The SMILES string of the molecule is CN[C@H]1C[C@H]2O[C@](C)([C@H]1OC)n1c3ccccc3c3c4c(c5c6ccccc6n2c5c31)C(=O)NC4. The third-order valence-electron chi connectivity index (χ3n) is 8.60. The van der Waals surface area contributed by atoms with Crippen molar-refractivity contribution in [2.45, 2.75) is 44.0 Å². The number of ether oxygens (including phenoxy) is 2. The number of aromatic nitrogens is 2. The van der Waals surface area contributed by atoms with Crippen molar-refractivity contribution in [3.63, 3.8) is 0 Å². The van der Waals surface area contributed by atoms with Gasteiger partial charge in [0.2, 0.25) is 0 Å². The first kappa shape index (κ1) is 19.9. The van der Waals surface area contributed by atoms with Gasteiger partial charge in [-0.25, -0.2) is 0 Å². The Bertz CT molecular complexity index is 1750. The van der Waals surface area contributed by atoms with E-state index < -0.39 is 5.72 Å². The van der Waals surface area contributed by atoms with Crippen LogP contribution in [-0.2, 0) is 21.7 Å². The standard InChI is InChI=1S/C28H26N4O3/c1-28-26(34-3)17(29-2)12-20(35-28)31-18-10-6-4-8-14(18)22-23-16(13-30-27(23)33)21-15-9-5-7-11-19(15)32(28)25(21)24(22)31/h4-11,17,20,26,29H,12-13H2,1-3H3,(H,30,33)/t17-,20+,26-,28+/m0/s1. The maximum atomic E-state index is 13.3. The zero-order valence-corrected chi connectivity index (χ0v) is 19.9. The summed E-state index contributed by atoms with van der Waals surface area (Å²) in [4.78, 5) is 13.3. The molecule has 5 heterocycles. The molecule has 0 spiro atoms. The lowest BCUT2D eigenvalue weighted by Crippen LogP contribution is -2.59. The minimum Gasteiger partial charge on any atom is -0.375 e. The number of amides is 1. The molecule has 0 radical (unpaired) electrons. The van der Waals surface area contributed by atoms with Gasteiger partial charge in [0.05, 0.1) is 27.6 Å². The van der Waals surface area contributed by atoms with Crippen molar-refractivity contribution in [1.82, 2.24) is 19.8 Å². The molecule has 7 heteroatoms. The summed E-state index contributed by atoms with van der Waals surface area (Å²) in [5.74, 6) is 0.00357. The largest absolute Gasteiger partial charge is 0.375 e. The van der Waals surface area contributed by atoms with E-state index >= 15 is 0 Å². The highest BCUT2D eigenvalue weighted by Gasteiger charge is 2.53. The molecule has 2 N–H and O–H groups in total. The van der Waals surface area contributed by atoms with Crippen molar-refractivity contribution in [3.8, 4) is 0 Å². The van der Waals surface area contributed by atoms with Gasteiger partial charge in [0.25, 0.3) is 5.91 Å². The van der Waals surface area contributed by atoms with Crippen molar-refractivity contribution in [1.29, 1.82) is 0 Å². The summed E-state index contributed by atoms with van der Waals surface area (Å²) in [6.45, 7) is 2.68. The third-order valence-corrected chi connectivity index (χ3v) is 8.60. The first-order valence-electron chi connectivity index (χ1n) is 12.3. The highest BCUT2D eigenvalue weighted by atomic mass is 16.6. The molecule has 5 aromatic rings. The molecule has 8 rings (SSSR count). The van der Waals surface area contributed by atoms with Gasteiger partial charge in [-0.05, 0) is 31.7 Å². The molecule has 4 atom stereocenters. The number of rotatable bonds is 2. The van der Waals surface area contributed by atoms with Crippen LogP contribution < -0.4 is 10.6 Å². The Balaban J connectivity index is 1.72. The molecule has 176 valence electrons. The van der Waals surface area contributed by atoms with Crippen LogP contribution in [0.2, 0.25) is 0 Å². The molecule has 0 saturated carbocycles. The van der Waals surface area contributed by atoms with Crippen molar-refractivity contribution < 1.29 is 14.3 Å². The summed E-state index contributed by atoms with van der Waals surface area (Å²) in [6, 6.07) is 17.0. The number of nitrogens with one attached hydrogen (secondary N) is 2. The Morgan fingerprint density at radius 2 is 1.77 bits per heavy atom. The lowest BCUT2D eigenvalue weighted by atomic mass is 9.93. The smallest absolute Gasteiger partial charge is 0.252 e. The van der Waals surface area contributed by atoms with Gasteiger partial charge in [0.15, 0.2) is 5.72 Å². The van der Waals surface area contributed by atoms with Crippen LogP contribution in [0.4, 0.5) is 0 Å². The second kappa shape index (κ2) is 6.43. The summed E-state index contributed by atoms with van der Waals surface area (Å²) in [6.07, 6.45) is 0.337. The van der Waals surface area contributed by atoms with E-state index in [9.17, 15) is 4.79 Å². The monoisotopic (exact) mass is 466 g/mol. The van der Waals surface area contributed by atoms with Crippen LogP contribution in [0.15, 0.2) is 48.5 Å². The summed E-state index contributed by atoms with van der Waals surface area (Å²) in [5.41, 5.74) is 5.51. The number of methoxy groups -OCH3 is 1. The van der Waals surface area contributed by atoms with Crippen LogP contribution in [0.1, 0.15) is 35.5 Å². The predicted molar refractivity (Wildman–Crippen MR) is 136 cm³/mol. The maximum Gasteiger partial charge on any atom is 0.252 e. The summed E-state index contributed by atoms with van der Waals surface area (Å²) in [5, 5.41) is 11.0. The molecule has 3 aliphatic heterocycles. The normalized spacial score (nSPS) is 27.3. The van der Waals surface area contributed by atoms with Crippen molar-refractivity contribution in [2.24, 2.45) is 0 Å². The number of para-hydroxylation sites is 2. The van der Waals surface area contributed by atoms with E-state index in [4.69, 9.17) is 9.47 Å². The van der Waals surface area contributed by atoms with E-state index in [0.29, 0.717) is 6.54 Å². The Hall–Kier alpha value is -3.39. The fourth-order valence-corrected chi connectivity index (χ4v) is 7.33. The number of hydrogen-bond acceptors (Lipinski definition) is 4. The molecule has 2 aromatic heterocycles. The van der Waals surface area contributed by atoms with Crippen molar-refractivity contribution in [2.75, 3.05) is 14.2 Å². The topological polar surface area (TPSA) is 69.5 Å². The first-order valence-corrected chi connectivity index (χ1v) is 12.3. The van der Waals surface area contributed by atoms with Gasteiger partial charge in [0, 0.05) is 47.7 Å². The van der Waals surface area contributed by atoms with E-state index in [1.54, 1.807) is 7.11 Å². The first-order chi connectivity index (χ1) is 17.1. The Morgan fingerprint density at radius 1 is 1.06 bits per heavy atom. The number of nitrogens with zero attached hydrogens (tertiary/aromatic N) is 2. The van der Waals surface area contributed by atoms with Crippen LogP contribution in [0, 0.1) is 0 Å². The number of fused-ring (bicyclic) bond motifs is 13. The average molecular weight is 467 g/mol. The van der Waals surface area contributed by atoms with Crippen LogP contribution in [0.5, 0.6) is 0 Å². The molecule has 3 aromatic carbocycles. The quantitative estimate of drug-likeness (QED) is 0.406. The minimum atomic E-state index is -0.760. The van der Waals surface area contributed by atoms with Gasteiger partial charge in [0.1, 0.15) is 12.3 Å². The maximum absolute atomic E-state index is 13.3. The van der Waals surface area contributed by atoms with E-state index in [1.165, 1.54) is 0 Å². The zero-order valence-electron chi connectivity index (χ0n) is 19.9. The van der Waals surface area contributed by atoms with Gasteiger partial charge < -0.3 is 29.2 Å². The van der Waals surface area contributed by atoms with E-state index in [-0.39, 0.29) is 24.3 Å². The highest BCUT2D eigenvalue weighted by Crippen LogP contribution is 2.53. The molecule has 0 aliphatic carbocycles. The molecule has 1 saturated heterocycles. The van der Waals surface area contributed by atoms with Crippen LogP contribution >= 0.6 is 0 Å². The molecule has 2 bridgehead atoms. The van der Waals surface area contributed by atoms with Crippen molar-refractivity contribution >= 4 is 49.5 Å².